The quantitative estimate of drug-likeness (QED) is 0.778. The summed E-state index contributed by atoms with van der Waals surface area (Å²) in [6.07, 6.45) is 0.231. The van der Waals surface area contributed by atoms with Crippen molar-refractivity contribution in [2.24, 2.45) is 5.73 Å². The van der Waals surface area contributed by atoms with Crippen molar-refractivity contribution in [3.05, 3.63) is 24.3 Å². The van der Waals surface area contributed by atoms with E-state index in [-0.39, 0.29) is 6.42 Å². The number of anilines is 1. The Hall–Kier alpha value is -1.78. The van der Waals surface area contributed by atoms with E-state index in [0.29, 0.717) is 24.6 Å². The molecule has 104 valence electrons. The third kappa shape index (κ3) is 4.43. The summed E-state index contributed by atoms with van der Waals surface area (Å²) in [7, 11) is -3.70. The fraction of sp³-hybridized carbons (Fsp3) is 0.417. The second-order valence-corrected chi connectivity index (χ2v) is 5.70. The number of rotatable bonds is 7. The average Bonchev–Trinajstić information content (AvgIpc) is 2.37. The second-order valence-electron chi connectivity index (χ2n) is 3.84. The molecule has 0 fully saturated rings. The number of sulfonamides is 1. The summed E-state index contributed by atoms with van der Waals surface area (Å²) < 4.78 is 31.5. The van der Waals surface area contributed by atoms with E-state index in [4.69, 9.17) is 15.7 Å². The molecular weight excluding hydrogens is 266 g/mol. The highest BCUT2D eigenvalue weighted by Crippen LogP contribution is 2.19. The molecule has 0 saturated heterocycles. The number of hydrogen-bond acceptors (Lipinski definition) is 5. The Balaban J connectivity index is 2.85. The van der Waals surface area contributed by atoms with Crippen molar-refractivity contribution in [2.45, 2.75) is 18.6 Å². The van der Waals surface area contributed by atoms with E-state index in [9.17, 15) is 8.42 Å². The van der Waals surface area contributed by atoms with Crippen molar-refractivity contribution in [3.63, 3.8) is 0 Å². The van der Waals surface area contributed by atoms with Crippen molar-refractivity contribution >= 4 is 15.7 Å². The normalized spacial score (nSPS) is 12.5. The van der Waals surface area contributed by atoms with Crippen LogP contribution in [0.25, 0.3) is 0 Å². The van der Waals surface area contributed by atoms with Crippen molar-refractivity contribution in [1.29, 1.82) is 5.26 Å². The second kappa shape index (κ2) is 6.97. The van der Waals surface area contributed by atoms with Crippen LogP contribution in [0.1, 0.15) is 13.3 Å². The number of nitrogens with two attached hydrogens (primary N) is 1. The van der Waals surface area contributed by atoms with Gasteiger partial charge >= 0.3 is 0 Å². The lowest BCUT2D eigenvalue weighted by Gasteiger charge is -2.12. The first-order valence-corrected chi connectivity index (χ1v) is 7.42. The Morgan fingerprint density at radius 2 is 2.26 bits per heavy atom. The van der Waals surface area contributed by atoms with Crippen LogP contribution in [0.15, 0.2) is 24.3 Å². The molecule has 1 unspecified atom stereocenters. The van der Waals surface area contributed by atoms with Gasteiger partial charge in [0.15, 0.2) is 5.25 Å². The monoisotopic (exact) mass is 283 g/mol. The Morgan fingerprint density at radius 3 is 2.84 bits per heavy atom. The molecule has 19 heavy (non-hydrogen) atoms. The van der Waals surface area contributed by atoms with Gasteiger partial charge in [-0.2, -0.15) is 5.26 Å². The van der Waals surface area contributed by atoms with Crippen LogP contribution in [0, 0.1) is 11.3 Å². The maximum Gasteiger partial charge on any atom is 0.249 e. The summed E-state index contributed by atoms with van der Waals surface area (Å²) in [6.45, 7) is 2.38. The minimum atomic E-state index is -3.70. The third-order valence-corrected chi connectivity index (χ3v) is 4.08. The van der Waals surface area contributed by atoms with Gasteiger partial charge in [0.25, 0.3) is 0 Å². The molecule has 1 aromatic rings. The summed E-state index contributed by atoms with van der Waals surface area (Å²) in [5, 5.41) is 7.73. The predicted octanol–water partition coefficient (Wildman–Crippen LogP) is 1.07. The maximum atomic E-state index is 11.9. The largest absolute Gasteiger partial charge is 0.492 e. The first kappa shape index (κ1) is 15.3. The molecule has 1 atom stereocenters. The predicted molar refractivity (Wildman–Crippen MR) is 73.2 cm³/mol. The SMILES string of the molecule is CCC(C#N)S(=O)(=O)Nc1cccc(OCCN)c1. The van der Waals surface area contributed by atoms with Gasteiger partial charge in [-0.3, -0.25) is 4.72 Å². The van der Waals surface area contributed by atoms with Crippen LogP contribution in [-0.4, -0.2) is 26.8 Å². The zero-order chi connectivity index (χ0) is 14.3. The minimum absolute atomic E-state index is 0.231. The lowest BCUT2D eigenvalue weighted by atomic mass is 10.3. The molecule has 0 aliphatic carbocycles. The van der Waals surface area contributed by atoms with E-state index < -0.39 is 15.3 Å². The van der Waals surface area contributed by atoms with Gasteiger partial charge in [0.2, 0.25) is 10.0 Å². The van der Waals surface area contributed by atoms with Gasteiger partial charge in [-0.1, -0.05) is 13.0 Å². The van der Waals surface area contributed by atoms with E-state index in [1.165, 1.54) is 0 Å². The molecule has 0 saturated carbocycles. The van der Waals surface area contributed by atoms with Gasteiger partial charge in [-0.15, -0.1) is 0 Å². The van der Waals surface area contributed by atoms with Crippen LogP contribution < -0.4 is 15.2 Å². The summed E-state index contributed by atoms with van der Waals surface area (Å²) in [5.41, 5.74) is 5.68. The molecule has 0 bridgehead atoms. The van der Waals surface area contributed by atoms with Crippen LogP contribution >= 0.6 is 0 Å². The third-order valence-electron chi connectivity index (χ3n) is 2.37. The number of nitrogens with zero attached hydrogens (tertiary/aromatic N) is 1. The van der Waals surface area contributed by atoms with Crippen molar-refractivity contribution in [1.82, 2.24) is 0 Å². The minimum Gasteiger partial charge on any atom is -0.492 e. The highest BCUT2D eigenvalue weighted by Gasteiger charge is 2.23. The molecule has 0 heterocycles. The van der Waals surface area contributed by atoms with E-state index >= 15 is 0 Å². The molecule has 0 spiro atoms. The van der Waals surface area contributed by atoms with E-state index in [1.54, 1.807) is 37.3 Å². The number of benzene rings is 1. The molecule has 6 nitrogen and oxygen atoms in total. The first-order valence-electron chi connectivity index (χ1n) is 5.87. The standard InChI is InChI=1S/C12H17N3O3S/c1-2-12(9-14)19(16,17)15-10-4-3-5-11(8-10)18-7-6-13/h3-5,8,12,15H,2,6-7,13H2,1H3. The zero-order valence-electron chi connectivity index (χ0n) is 10.7. The number of nitrogens with one attached hydrogen (secondary N) is 1. The highest BCUT2D eigenvalue weighted by atomic mass is 32.2. The Kier molecular flexibility index (Phi) is 5.60. The van der Waals surface area contributed by atoms with Crippen LogP contribution in [0.3, 0.4) is 0 Å². The Labute approximate surface area is 113 Å². The van der Waals surface area contributed by atoms with Gasteiger partial charge in [0.1, 0.15) is 12.4 Å². The van der Waals surface area contributed by atoms with Gasteiger partial charge in [0, 0.05) is 12.6 Å². The molecule has 7 heteroatoms. The molecule has 0 aromatic heterocycles. The van der Waals surface area contributed by atoms with Crippen molar-refractivity contribution < 1.29 is 13.2 Å². The first-order chi connectivity index (χ1) is 9.03. The van der Waals surface area contributed by atoms with Crippen molar-refractivity contribution in [2.75, 3.05) is 17.9 Å². The van der Waals surface area contributed by atoms with Crippen LogP contribution in [-0.2, 0) is 10.0 Å². The molecule has 1 aromatic carbocycles. The lowest BCUT2D eigenvalue weighted by Crippen LogP contribution is -2.25. The molecule has 0 amide bonds. The molecule has 0 aliphatic heterocycles. The Bertz CT molecular complexity index is 552. The molecular formula is C12H17N3O3S. The smallest absolute Gasteiger partial charge is 0.249 e. The van der Waals surface area contributed by atoms with Gasteiger partial charge in [-0.05, 0) is 18.6 Å². The molecule has 0 aliphatic rings. The van der Waals surface area contributed by atoms with Crippen LogP contribution in [0.5, 0.6) is 5.75 Å². The van der Waals surface area contributed by atoms with Gasteiger partial charge in [0.05, 0.1) is 11.8 Å². The molecule has 3 N–H and O–H groups in total. The topological polar surface area (TPSA) is 105 Å². The lowest BCUT2D eigenvalue weighted by molar-refractivity contribution is 0.328. The van der Waals surface area contributed by atoms with Crippen LogP contribution in [0.4, 0.5) is 5.69 Å². The maximum absolute atomic E-state index is 11.9. The summed E-state index contributed by atoms with van der Waals surface area (Å²) in [6, 6.07) is 8.28. The van der Waals surface area contributed by atoms with Crippen LogP contribution in [0.2, 0.25) is 0 Å². The Morgan fingerprint density at radius 1 is 1.53 bits per heavy atom. The summed E-state index contributed by atoms with van der Waals surface area (Å²) in [4.78, 5) is 0. The fourth-order valence-electron chi connectivity index (χ4n) is 1.44. The van der Waals surface area contributed by atoms with Crippen molar-refractivity contribution in [3.8, 4) is 11.8 Å². The zero-order valence-corrected chi connectivity index (χ0v) is 11.5. The van der Waals surface area contributed by atoms with E-state index in [1.807, 2.05) is 0 Å². The molecule has 0 radical (unpaired) electrons. The number of nitriles is 1. The number of ether oxygens (including phenoxy) is 1. The van der Waals surface area contributed by atoms with E-state index in [0.717, 1.165) is 0 Å². The average molecular weight is 283 g/mol. The van der Waals surface area contributed by atoms with Gasteiger partial charge in [-0.25, -0.2) is 8.42 Å². The fourth-order valence-corrected chi connectivity index (χ4v) is 2.62. The van der Waals surface area contributed by atoms with E-state index in [2.05, 4.69) is 4.72 Å². The van der Waals surface area contributed by atoms with Gasteiger partial charge < -0.3 is 10.5 Å². The number of hydrogen-bond donors (Lipinski definition) is 2. The molecule has 1 rings (SSSR count). The summed E-state index contributed by atoms with van der Waals surface area (Å²) in [5.74, 6) is 0.524. The summed E-state index contributed by atoms with van der Waals surface area (Å²) >= 11 is 0. The highest BCUT2D eigenvalue weighted by molar-refractivity contribution is 7.93.